The van der Waals surface area contributed by atoms with Gasteiger partial charge in [0, 0.05) is 47.0 Å². The Kier molecular flexibility index (Phi) is 6.82. The minimum absolute atomic E-state index is 0. The van der Waals surface area contributed by atoms with E-state index in [1.807, 2.05) is 25.3 Å². The summed E-state index contributed by atoms with van der Waals surface area (Å²) in [5, 5.41) is 0.772. The number of amides is 1. The molecule has 0 unspecified atom stereocenters. The number of carbonyl (C=O) groups is 1. The van der Waals surface area contributed by atoms with Gasteiger partial charge in [-0.05, 0) is 67.5 Å². The Morgan fingerprint density at radius 2 is 1.89 bits per heavy atom. The molecule has 4 rings (SSSR count). The third-order valence-electron chi connectivity index (χ3n) is 5.37. The van der Waals surface area contributed by atoms with E-state index in [4.69, 9.17) is 21.3 Å². The van der Waals surface area contributed by atoms with Crippen LogP contribution in [0, 0.1) is 0 Å². The van der Waals surface area contributed by atoms with Crippen LogP contribution in [0.5, 0.6) is 0 Å². The number of aryl methyl sites for hydroxylation is 2. The molecule has 1 saturated heterocycles. The molecule has 0 N–H and O–H groups in total. The Labute approximate surface area is 181 Å². The molecule has 1 amide bonds. The summed E-state index contributed by atoms with van der Waals surface area (Å²) in [4.78, 5) is 18.6. The molecular weight excluding hydrogens is 423 g/mol. The van der Waals surface area contributed by atoms with E-state index in [1.165, 1.54) is 27.8 Å². The summed E-state index contributed by atoms with van der Waals surface area (Å²) >= 11 is 6.27. The number of hydrogen-bond acceptors (Lipinski definition) is 3. The fourth-order valence-electron chi connectivity index (χ4n) is 4.06. The second-order valence-corrected chi connectivity index (χ2v) is 7.41. The molecule has 2 aliphatic rings. The summed E-state index contributed by atoms with van der Waals surface area (Å²) in [5.41, 5.74) is 7.46. The molecule has 1 aliphatic heterocycles. The number of likely N-dealkylation sites (tertiary alicyclic amines) is 1. The molecule has 4 nitrogen and oxygen atoms in total. The molecule has 28 heavy (non-hydrogen) atoms. The van der Waals surface area contributed by atoms with E-state index in [0.29, 0.717) is 19.7 Å². The average Bonchev–Trinajstić information content (AvgIpc) is 2.85. The number of halogens is 1. The first-order valence-electron chi connectivity index (χ1n) is 9.54. The molecule has 0 atom stereocenters. The van der Waals surface area contributed by atoms with Crippen LogP contribution in [-0.2, 0) is 34.6 Å². The van der Waals surface area contributed by atoms with Gasteiger partial charge in [-0.25, -0.2) is 4.79 Å². The van der Waals surface area contributed by atoms with E-state index < -0.39 is 0 Å². The second-order valence-electron chi connectivity index (χ2n) is 6.98. The molecule has 2 heterocycles. The van der Waals surface area contributed by atoms with Crippen molar-refractivity contribution in [3.05, 3.63) is 69.5 Å². The SMILES string of the molecule is CCOC(=O)N1CCC(=C2c3ccc(Cl)cc3CCc3cccnc32)CC1.[Cu]. The van der Waals surface area contributed by atoms with Crippen molar-refractivity contribution in [3.8, 4) is 0 Å². The van der Waals surface area contributed by atoms with Crippen molar-refractivity contribution in [3.63, 3.8) is 0 Å². The van der Waals surface area contributed by atoms with Crippen LogP contribution in [0.15, 0.2) is 42.1 Å². The zero-order valence-corrected chi connectivity index (χ0v) is 17.5. The molecule has 1 aromatic carbocycles. The van der Waals surface area contributed by atoms with Gasteiger partial charge in [-0.15, -0.1) is 0 Å². The average molecular weight is 446 g/mol. The van der Waals surface area contributed by atoms with Gasteiger partial charge >= 0.3 is 6.09 Å². The topological polar surface area (TPSA) is 42.4 Å². The fraction of sp³-hybridized carbons (Fsp3) is 0.364. The van der Waals surface area contributed by atoms with Crippen molar-refractivity contribution in [2.24, 2.45) is 0 Å². The molecule has 151 valence electrons. The van der Waals surface area contributed by atoms with Gasteiger partial charge in [0.25, 0.3) is 0 Å². The van der Waals surface area contributed by atoms with E-state index in [2.05, 4.69) is 18.2 Å². The number of carbonyl (C=O) groups excluding carboxylic acids is 1. The van der Waals surface area contributed by atoms with Gasteiger partial charge in [0.05, 0.1) is 12.3 Å². The third kappa shape index (κ3) is 4.12. The number of piperidine rings is 1. The van der Waals surface area contributed by atoms with Crippen molar-refractivity contribution in [2.45, 2.75) is 32.6 Å². The molecule has 0 spiro atoms. The molecule has 0 saturated carbocycles. The molecule has 1 radical (unpaired) electrons. The van der Waals surface area contributed by atoms with Crippen LogP contribution in [0.3, 0.4) is 0 Å². The Balaban J connectivity index is 0.00000225. The second kappa shape index (κ2) is 9.13. The van der Waals surface area contributed by atoms with E-state index in [-0.39, 0.29) is 23.2 Å². The van der Waals surface area contributed by atoms with Crippen LogP contribution in [-0.4, -0.2) is 35.7 Å². The van der Waals surface area contributed by atoms with Crippen LogP contribution in [0.2, 0.25) is 5.02 Å². The van der Waals surface area contributed by atoms with Gasteiger partial charge in [-0.2, -0.15) is 0 Å². The fourth-order valence-corrected chi connectivity index (χ4v) is 4.25. The van der Waals surface area contributed by atoms with Crippen LogP contribution in [0.1, 0.15) is 42.1 Å². The Morgan fingerprint density at radius 1 is 1.14 bits per heavy atom. The quantitative estimate of drug-likeness (QED) is 0.586. The number of pyridine rings is 1. The molecule has 2 aromatic rings. The maximum absolute atomic E-state index is 12.0. The number of ether oxygens (including phenoxy) is 1. The van der Waals surface area contributed by atoms with E-state index in [0.717, 1.165) is 36.4 Å². The summed E-state index contributed by atoms with van der Waals surface area (Å²) in [7, 11) is 0. The van der Waals surface area contributed by atoms with E-state index in [1.54, 1.807) is 4.90 Å². The maximum Gasteiger partial charge on any atom is 0.409 e. The molecule has 0 bridgehead atoms. The number of hydrogen-bond donors (Lipinski definition) is 0. The van der Waals surface area contributed by atoms with Gasteiger partial charge in [0.2, 0.25) is 0 Å². The smallest absolute Gasteiger partial charge is 0.409 e. The molecular formula is C22H23ClCuN2O2. The van der Waals surface area contributed by atoms with E-state index in [9.17, 15) is 4.79 Å². The number of aromatic nitrogens is 1. The number of rotatable bonds is 1. The van der Waals surface area contributed by atoms with Gasteiger partial charge < -0.3 is 9.64 Å². The van der Waals surface area contributed by atoms with Crippen molar-refractivity contribution < 1.29 is 26.6 Å². The van der Waals surface area contributed by atoms with Crippen molar-refractivity contribution in [2.75, 3.05) is 19.7 Å². The molecule has 1 aliphatic carbocycles. The zero-order valence-electron chi connectivity index (χ0n) is 15.8. The van der Waals surface area contributed by atoms with Crippen LogP contribution in [0.25, 0.3) is 5.57 Å². The van der Waals surface area contributed by atoms with Gasteiger partial charge in [0.1, 0.15) is 0 Å². The molecule has 1 aromatic heterocycles. The van der Waals surface area contributed by atoms with Crippen molar-refractivity contribution >= 4 is 23.3 Å². The van der Waals surface area contributed by atoms with Gasteiger partial charge in [-0.3, -0.25) is 4.98 Å². The summed E-state index contributed by atoms with van der Waals surface area (Å²) in [5.74, 6) is 0. The monoisotopic (exact) mass is 445 g/mol. The largest absolute Gasteiger partial charge is 0.450 e. The Hall–Kier alpha value is -1.81. The summed E-state index contributed by atoms with van der Waals surface area (Å²) in [6.07, 6.45) is 5.25. The van der Waals surface area contributed by atoms with Crippen molar-refractivity contribution in [1.82, 2.24) is 9.88 Å². The normalized spacial score (nSPS) is 15.9. The summed E-state index contributed by atoms with van der Waals surface area (Å²) < 4.78 is 5.15. The third-order valence-corrected chi connectivity index (χ3v) is 5.61. The zero-order chi connectivity index (χ0) is 18.8. The number of nitrogens with zero attached hydrogens (tertiary/aromatic N) is 2. The molecule has 6 heteroatoms. The summed E-state index contributed by atoms with van der Waals surface area (Å²) in [6, 6.07) is 10.3. The maximum atomic E-state index is 12.0. The van der Waals surface area contributed by atoms with Crippen molar-refractivity contribution in [1.29, 1.82) is 0 Å². The minimum Gasteiger partial charge on any atom is -0.450 e. The van der Waals surface area contributed by atoms with Crippen LogP contribution < -0.4 is 0 Å². The first-order valence-corrected chi connectivity index (χ1v) is 9.92. The van der Waals surface area contributed by atoms with Gasteiger partial charge in [-0.1, -0.05) is 29.3 Å². The first-order chi connectivity index (χ1) is 13.2. The van der Waals surface area contributed by atoms with Crippen LogP contribution in [0.4, 0.5) is 4.79 Å². The van der Waals surface area contributed by atoms with E-state index >= 15 is 0 Å². The predicted octanol–water partition coefficient (Wildman–Crippen LogP) is 4.89. The van der Waals surface area contributed by atoms with Gasteiger partial charge in [0.15, 0.2) is 0 Å². The van der Waals surface area contributed by atoms with Crippen LogP contribution >= 0.6 is 11.6 Å². The first kappa shape index (κ1) is 20.9. The Morgan fingerprint density at radius 3 is 2.64 bits per heavy atom. The number of fused-ring (bicyclic) bond motifs is 2. The summed E-state index contributed by atoms with van der Waals surface area (Å²) in [6.45, 7) is 3.62. The standard InChI is InChI=1S/C22H23ClN2O2.Cu/c1-2-27-22(26)25-12-9-15(10-13-25)20-19-8-7-18(23)14-17(19)6-5-16-4-3-11-24-21(16)20;/h3-4,7-8,11,14H,2,5-6,9-10,12-13H2,1H3;. The predicted molar refractivity (Wildman–Crippen MR) is 107 cm³/mol. The Bertz CT molecular complexity index is 903. The number of benzene rings is 1. The molecule has 1 fully saturated rings. The minimum atomic E-state index is -0.215.